The van der Waals surface area contributed by atoms with E-state index in [0.717, 1.165) is 11.4 Å². The Morgan fingerprint density at radius 1 is 1.07 bits per heavy atom. The topological polar surface area (TPSA) is 65.3 Å². The van der Waals surface area contributed by atoms with Crippen LogP contribution in [0.25, 0.3) is 5.69 Å². The number of nitrogens with one attached hydrogen (secondary N) is 1. The number of amides is 1. The van der Waals surface area contributed by atoms with Crippen LogP contribution in [0.1, 0.15) is 5.69 Å². The molecule has 1 amide bonds. The van der Waals surface area contributed by atoms with Gasteiger partial charge >= 0.3 is 0 Å². The Morgan fingerprint density at radius 3 is 2.39 bits per heavy atom. The molecule has 0 saturated heterocycles. The minimum atomic E-state index is -0.239. The van der Waals surface area contributed by atoms with E-state index < -0.39 is 0 Å². The Bertz CT molecular complexity index is 981. The van der Waals surface area contributed by atoms with Gasteiger partial charge in [-0.15, -0.1) is 11.8 Å². The molecule has 0 saturated carbocycles. The van der Waals surface area contributed by atoms with Crippen molar-refractivity contribution in [3.8, 4) is 11.4 Å². The second kappa shape index (κ2) is 9.32. The zero-order valence-corrected chi connectivity index (χ0v) is 16.7. The molecule has 0 aliphatic carbocycles. The van der Waals surface area contributed by atoms with Gasteiger partial charge < -0.3 is 10.1 Å². The van der Waals surface area contributed by atoms with Gasteiger partial charge in [-0.25, -0.2) is 4.68 Å². The fourth-order valence-electron chi connectivity index (χ4n) is 2.79. The van der Waals surface area contributed by atoms with E-state index in [1.807, 2.05) is 67.6 Å². The number of para-hydroxylation sites is 2. The van der Waals surface area contributed by atoms with Gasteiger partial charge in [0, 0.05) is 12.8 Å². The van der Waals surface area contributed by atoms with Crippen molar-refractivity contribution in [1.82, 2.24) is 9.36 Å². The fourth-order valence-corrected chi connectivity index (χ4v) is 3.39. The second-order valence-corrected chi connectivity index (χ2v) is 7.30. The van der Waals surface area contributed by atoms with E-state index in [-0.39, 0.29) is 17.2 Å². The summed E-state index contributed by atoms with van der Waals surface area (Å²) in [5.41, 5.74) is 1.54. The summed E-state index contributed by atoms with van der Waals surface area (Å²) in [4.78, 5) is 25.1. The number of rotatable bonds is 8. The van der Waals surface area contributed by atoms with Crippen LogP contribution in [-0.4, -0.2) is 33.4 Å². The predicted octanol–water partition coefficient (Wildman–Crippen LogP) is 3.24. The summed E-state index contributed by atoms with van der Waals surface area (Å²) in [6, 6.07) is 18.9. The SMILES string of the molecule is Cc1c(NC(=O)CSCCOc2ccccc2)c(=O)n(-c2ccccc2)n1C. The van der Waals surface area contributed by atoms with E-state index in [2.05, 4.69) is 5.32 Å². The summed E-state index contributed by atoms with van der Waals surface area (Å²) >= 11 is 1.47. The smallest absolute Gasteiger partial charge is 0.295 e. The van der Waals surface area contributed by atoms with Crippen molar-refractivity contribution in [3.63, 3.8) is 0 Å². The summed E-state index contributed by atoms with van der Waals surface area (Å²) in [5.74, 6) is 1.56. The van der Waals surface area contributed by atoms with Gasteiger partial charge in [-0.2, -0.15) is 0 Å². The molecule has 1 aromatic heterocycles. The third-order valence-electron chi connectivity index (χ3n) is 4.29. The monoisotopic (exact) mass is 397 g/mol. The van der Waals surface area contributed by atoms with Crippen LogP contribution in [0, 0.1) is 6.92 Å². The van der Waals surface area contributed by atoms with Crippen LogP contribution < -0.4 is 15.6 Å². The second-order valence-electron chi connectivity index (χ2n) is 6.20. The van der Waals surface area contributed by atoms with E-state index in [9.17, 15) is 9.59 Å². The summed E-state index contributed by atoms with van der Waals surface area (Å²) < 4.78 is 8.89. The van der Waals surface area contributed by atoms with Gasteiger partial charge in [-0.3, -0.25) is 14.3 Å². The van der Waals surface area contributed by atoms with Gasteiger partial charge in [-0.1, -0.05) is 36.4 Å². The van der Waals surface area contributed by atoms with Crippen molar-refractivity contribution in [1.29, 1.82) is 0 Å². The molecule has 1 heterocycles. The van der Waals surface area contributed by atoms with Crippen molar-refractivity contribution in [2.45, 2.75) is 6.92 Å². The molecule has 0 unspecified atom stereocenters. The molecule has 3 aromatic rings. The quantitative estimate of drug-likeness (QED) is 0.593. The number of benzene rings is 2. The number of carbonyl (C=O) groups is 1. The van der Waals surface area contributed by atoms with Gasteiger partial charge in [-0.05, 0) is 31.2 Å². The van der Waals surface area contributed by atoms with E-state index >= 15 is 0 Å². The maximum Gasteiger partial charge on any atom is 0.295 e. The lowest BCUT2D eigenvalue weighted by molar-refractivity contribution is -0.113. The highest BCUT2D eigenvalue weighted by molar-refractivity contribution is 7.99. The first-order chi connectivity index (χ1) is 13.6. The average Bonchev–Trinajstić information content (AvgIpc) is 2.92. The molecule has 0 bridgehead atoms. The molecule has 3 rings (SSSR count). The Balaban J connectivity index is 1.55. The van der Waals surface area contributed by atoms with Crippen LogP contribution in [0.3, 0.4) is 0 Å². The van der Waals surface area contributed by atoms with Crippen molar-refractivity contribution in [3.05, 3.63) is 76.7 Å². The average molecular weight is 398 g/mol. The molecule has 6 nitrogen and oxygen atoms in total. The van der Waals surface area contributed by atoms with Crippen molar-refractivity contribution < 1.29 is 9.53 Å². The van der Waals surface area contributed by atoms with Gasteiger partial charge in [0.25, 0.3) is 5.56 Å². The van der Waals surface area contributed by atoms with Crippen LogP contribution in [-0.2, 0) is 11.8 Å². The predicted molar refractivity (Wildman–Crippen MR) is 114 cm³/mol. The van der Waals surface area contributed by atoms with Crippen LogP contribution in [0.2, 0.25) is 0 Å². The maximum atomic E-state index is 12.8. The van der Waals surface area contributed by atoms with Gasteiger partial charge in [0.2, 0.25) is 5.91 Å². The molecular formula is C21H23N3O3S. The summed E-state index contributed by atoms with van der Waals surface area (Å²) in [6.07, 6.45) is 0. The lowest BCUT2D eigenvalue weighted by atomic mass is 10.3. The number of ether oxygens (including phenoxy) is 1. The first-order valence-electron chi connectivity index (χ1n) is 8.97. The molecule has 146 valence electrons. The van der Waals surface area contributed by atoms with Crippen molar-refractivity contribution >= 4 is 23.4 Å². The zero-order valence-electron chi connectivity index (χ0n) is 15.9. The van der Waals surface area contributed by atoms with Crippen LogP contribution in [0.15, 0.2) is 65.5 Å². The van der Waals surface area contributed by atoms with Crippen LogP contribution in [0.5, 0.6) is 5.75 Å². The largest absolute Gasteiger partial charge is 0.493 e. The zero-order chi connectivity index (χ0) is 19.9. The molecular weight excluding hydrogens is 374 g/mol. The third-order valence-corrected chi connectivity index (χ3v) is 5.21. The summed E-state index contributed by atoms with van der Waals surface area (Å²) in [5, 5.41) is 2.76. The first kappa shape index (κ1) is 19.8. The Hall–Kier alpha value is -2.93. The number of anilines is 1. The molecule has 0 aliphatic rings. The number of carbonyl (C=O) groups excluding carboxylic acids is 1. The standard InChI is InChI=1S/C21H23N3O3S/c1-16-20(21(26)24(23(16)2)17-9-5-3-6-10-17)22-19(25)15-28-14-13-27-18-11-7-4-8-12-18/h3-12H,13-15H2,1-2H3,(H,22,25). The number of thioether (sulfide) groups is 1. The molecule has 2 aromatic carbocycles. The Kier molecular flexibility index (Phi) is 6.60. The number of hydrogen-bond acceptors (Lipinski definition) is 4. The van der Waals surface area contributed by atoms with Gasteiger partial charge in [0.15, 0.2) is 0 Å². The van der Waals surface area contributed by atoms with E-state index in [1.165, 1.54) is 11.8 Å². The highest BCUT2D eigenvalue weighted by atomic mass is 32.2. The van der Waals surface area contributed by atoms with Crippen LogP contribution in [0.4, 0.5) is 5.69 Å². The number of nitrogens with zero attached hydrogens (tertiary/aromatic N) is 2. The van der Waals surface area contributed by atoms with Crippen LogP contribution >= 0.6 is 11.8 Å². The van der Waals surface area contributed by atoms with E-state index in [0.29, 0.717) is 23.7 Å². The molecule has 1 N–H and O–H groups in total. The Labute approximate surface area is 168 Å². The number of aromatic nitrogens is 2. The minimum Gasteiger partial charge on any atom is -0.493 e. The molecule has 7 heteroatoms. The summed E-state index contributed by atoms with van der Waals surface area (Å²) in [7, 11) is 1.80. The fraction of sp³-hybridized carbons (Fsp3) is 0.238. The highest BCUT2D eigenvalue weighted by Gasteiger charge is 2.17. The van der Waals surface area contributed by atoms with Crippen molar-refractivity contribution in [2.75, 3.05) is 23.4 Å². The molecule has 0 spiro atoms. The highest BCUT2D eigenvalue weighted by Crippen LogP contribution is 2.15. The first-order valence-corrected chi connectivity index (χ1v) is 10.1. The van der Waals surface area contributed by atoms with Gasteiger partial charge in [0.1, 0.15) is 11.4 Å². The van der Waals surface area contributed by atoms with Crippen molar-refractivity contribution in [2.24, 2.45) is 7.05 Å². The molecule has 0 fully saturated rings. The lowest BCUT2D eigenvalue weighted by Crippen LogP contribution is -2.23. The molecule has 0 aliphatic heterocycles. The lowest BCUT2D eigenvalue weighted by Gasteiger charge is -2.07. The van der Waals surface area contributed by atoms with Gasteiger partial charge in [0.05, 0.1) is 23.7 Å². The molecule has 0 radical (unpaired) electrons. The molecule has 28 heavy (non-hydrogen) atoms. The summed E-state index contributed by atoms with van der Waals surface area (Å²) in [6.45, 7) is 2.34. The van der Waals surface area contributed by atoms with E-state index in [4.69, 9.17) is 4.74 Å². The molecule has 0 atom stereocenters. The third kappa shape index (κ3) is 4.67. The minimum absolute atomic E-state index is 0.198. The normalized spacial score (nSPS) is 10.6. The Morgan fingerprint density at radius 2 is 1.71 bits per heavy atom. The number of hydrogen-bond donors (Lipinski definition) is 1. The maximum absolute atomic E-state index is 12.8. The van der Waals surface area contributed by atoms with E-state index in [1.54, 1.807) is 16.4 Å².